The van der Waals surface area contributed by atoms with Crippen LogP contribution in [0, 0.1) is 0 Å². The minimum absolute atomic E-state index is 0.376. The molecule has 1 aromatic rings. The Morgan fingerprint density at radius 2 is 2.07 bits per heavy atom. The molecule has 1 aliphatic rings. The van der Waals surface area contributed by atoms with E-state index in [1.54, 1.807) is 7.05 Å². The third-order valence-electron chi connectivity index (χ3n) is 4.56. The molecule has 28 heavy (non-hydrogen) atoms. The first-order valence-electron chi connectivity index (χ1n) is 9.99. The number of carbonyl (C=O) groups excluding carboxylic acids is 1. The van der Waals surface area contributed by atoms with E-state index in [4.69, 9.17) is 4.74 Å². The molecule has 1 unspecified atom stereocenters. The summed E-state index contributed by atoms with van der Waals surface area (Å²) in [6.07, 6.45) is 1.57. The van der Waals surface area contributed by atoms with E-state index in [0.717, 1.165) is 45.0 Å². The van der Waals surface area contributed by atoms with Gasteiger partial charge in [-0.3, -0.25) is 9.89 Å². The molecule has 7 nitrogen and oxygen atoms in total. The molecule has 0 bridgehead atoms. The molecule has 1 aromatic heterocycles. The van der Waals surface area contributed by atoms with Crippen molar-refractivity contribution in [1.82, 2.24) is 20.9 Å². The highest BCUT2D eigenvalue weighted by molar-refractivity contribution is 7.10. The SMILES string of the molecule is CN=C(NCCCNC(=O)OC(C)(C)C)NCC(C)N1CCc2sccc2C1. The molecule has 0 fully saturated rings. The van der Waals surface area contributed by atoms with Gasteiger partial charge in [0.1, 0.15) is 5.60 Å². The first-order chi connectivity index (χ1) is 13.3. The minimum Gasteiger partial charge on any atom is -0.444 e. The van der Waals surface area contributed by atoms with Crippen molar-refractivity contribution in [2.45, 2.75) is 58.7 Å². The van der Waals surface area contributed by atoms with Gasteiger partial charge in [-0.15, -0.1) is 11.3 Å². The van der Waals surface area contributed by atoms with Gasteiger partial charge >= 0.3 is 6.09 Å². The van der Waals surface area contributed by atoms with Crippen LogP contribution in [-0.2, 0) is 17.7 Å². The van der Waals surface area contributed by atoms with Crippen molar-refractivity contribution in [2.75, 3.05) is 33.2 Å². The van der Waals surface area contributed by atoms with Gasteiger partial charge in [0.2, 0.25) is 0 Å². The zero-order chi connectivity index (χ0) is 20.6. The number of amides is 1. The number of rotatable bonds is 7. The van der Waals surface area contributed by atoms with Gasteiger partial charge in [0, 0.05) is 50.7 Å². The number of aliphatic imine (C=N–C) groups is 1. The second-order valence-electron chi connectivity index (χ2n) is 8.10. The maximum Gasteiger partial charge on any atom is 0.407 e. The van der Waals surface area contributed by atoms with Crippen molar-refractivity contribution < 1.29 is 9.53 Å². The molecule has 3 N–H and O–H groups in total. The molecule has 0 saturated heterocycles. The van der Waals surface area contributed by atoms with Gasteiger partial charge in [-0.05, 0) is 57.5 Å². The average Bonchev–Trinajstić information content (AvgIpc) is 3.09. The van der Waals surface area contributed by atoms with Crippen LogP contribution in [-0.4, -0.2) is 61.8 Å². The molecule has 1 atom stereocenters. The lowest BCUT2D eigenvalue weighted by molar-refractivity contribution is 0.0527. The van der Waals surface area contributed by atoms with Crippen LogP contribution >= 0.6 is 11.3 Å². The lowest BCUT2D eigenvalue weighted by Gasteiger charge is -2.32. The molecule has 0 aromatic carbocycles. The summed E-state index contributed by atoms with van der Waals surface area (Å²) in [4.78, 5) is 19.9. The number of fused-ring (bicyclic) bond motifs is 1. The number of nitrogens with zero attached hydrogens (tertiary/aromatic N) is 2. The number of nitrogens with one attached hydrogen (secondary N) is 3. The van der Waals surface area contributed by atoms with E-state index in [-0.39, 0.29) is 6.09 Å². The van der Waals surface area contributed by atoms with Crippen molar-refractivity contribution in [3.8, 4) is 0 Å². The Balaban J connectivity index is 1.60. The van der Waals surface area contributed by atoms with Crippen LogP contribution < -0.4 is 16.0 Å². The summed E-state index contributed by atoms with van der Waals surface area (Å²) in [5, 5.41) is 11.7. The topological polar surface area (TPSA) is 78.0 Å². The molecule has 0 radical (unpaired) electrons. The Kier molecular flexibility index (Phi) is 8.57. The Morgan fingerprint density at radius 3 is 2.79 bits per heavy atom. The third kappa shape index (κ3) is 7.67. The number of ether oxygens (including phenoxy) is 1. The van der Waals surface area contributed by atoms with Gasteiger partial charge < -0.3 is 20.7 Å². The molecule has 0 saturated carbocycles. The molecule has 2 rings (SSSR count). The zero-order valence-corrected chi connectivity index (χ0v) is 18.6. The maximum atomic E-state index is 11.6. The summed E-state index contributed by atoms with van der Waals surface area (Å²) in [6, 6.07) is 2.68. The van der Waals surface area contributed by atoms with E-state index < -0.39 is 5.60 Å². The number of carbonyl (C=O) groups is 1. The summed E-state index contributed by atoms with van der Waals surface area (Å²) >= 11 is 1.87. The van der Waals surface area contributed by atoms with Crippen LogP contribution in [0.3, 0.4) is 0 Å². The maximum absolute atomic E-state index is 11.6. The predicted molar refractivity (Wildman–Crippen MR) is 116 cm³/mol. The zero-order valence-electron chi connectivity index (χ0n) is 17.8. The van der Waals surface area contributed by atoms with E-state index in [1.807, 2.05) is 32.1 Å². The van der Waals surface area contributed by atoms with Crippen LogP contribution in [0.5, 0.6) is 0 Å². The van der Waals surface area contributed by atoms with Crippen molar-refractivity contribution in [3.63, 3.8) is 0 Å². The molecule has 1 amide bonds. The molecule has 0 aliphatic carbocycles. The summed E-state index contributed by atoms with van der Waals surface area (Å²) in [5.74, 6) is 0.789. The van der Waals surface area contributed by atoms with Gasteiger partial charge in [-0.1, -0.05) is 0 Å². The molecule has 0 spiro atoms. The van der Waals surface area contributed by atoms with Crippen LogP contribution in [0.2, 0.25) is 0 Å². The first kappa shape index (κ1) is 22.5. The molecular weight excluding hydrogens is 374 g/mol. The molecule has 158 valence electrons. The molecule has 8 heteroatoms. The summed E-state index contributed by atoms with van der Waals surface area (Å²) in [7, 11) is 1.78. The second-order valence-corrected chi connectivity index (χ2v) is 9.10. The molecular formula is C20H35N5O2S. The quantitative estimate of drug-likeness (QED) is 0.367. The Bertz CT molecular complexity index is 653. The fourth-order valence-electron chi connectivity index (χ4n) is 3.04. The number of hydrogen-bond donors (Lipinski definition) is 3. The first-order valence-corrected chi connectivity index (χ1v) is 10.9. The van der Waals surface area contributed by atoms with Crippen LogP contribution in [0.4, 0.5) is 4.79 Å². The van der Waals surface area contributed by atoms with Crippen LogP contribution in [0.25, 0.3) is 0 Å². The summed E-state index contributed by atoms with van der Waals surface area (Å²) in [6.45, 7) is 12.1. The van der Waals surface area contributed by atoms with Gasteiger partial charge in [0.15, 0.2) is 5.96 Å². The number of alkyl carbamates (subject to hydrolysis) is 1. The van der Waals surface area contributed by atoms with E-state index in [1.165, 1.54) is 10.4 Å². The van der Waals surface area contributed by atoms with Gasteiger partial charge in [0.05, 0.1) is 0 Å². The largest absolute Gasteiger partial charge is 0.444 e. The molecule has 1 aliphatic heterocycles. The highest BCUT2D eigenvalue weighted by Crippen LogP contribution is 2.24. The number of hydrogen-bond acceptors (Lipinski definition) is 5. The average molecular weight is 410 g/mol. The van der Waals surface area contributed by atoms with Gasteiger partial charge in [0.25, 0.3) is 0 Å². The minimum atomic E-state index is -0.468. The number of guanidine groups is 1. The Hall–Kier alpha value is -1.80. The lowest BCUT2D eigenvalue weighted by Crippen LogP contribution is -2.47. The smallest absolute Gasteiger partial charge is 0.407 e. The highest BCUT2D eigenvalue weighted by Gasteiger charge is 2.21. The number of thiophene rings is 1. The lowest BCUT2D eigenvalue weighted by atomic mass is 10.1. The Morgan fingerprint density at radius 1 is 1.32 bits per heavy atom. The van der Waals surface area contributed by atoms with Crippen LogP contribution in [0.1, 0.15) is 44.6 Å². The van der Waals surface area contributed by atoms with Crippen molar-refractivity contribution in [2.24, 2.45) is 4.99 Å². The summed E-state index contributed by atoms with van der Waals surface area (Å²) < 4.78 is 5.22. The fraction of sp³-hybridized carbons (Fsp3) is 0.700. The third-order valence-corrected chi connectivity index (χ3v) is 5.59. The van der Waals surface area contributed by atoms with Gasteiger partial charge in [-0.25, -0.2) is 4.79 Å². The standard InChI is InChI=1S/C20H35N5O2S/c1-15(25-11-7-17-16(14-25)8-12-28-17)13-24-18(21-5)22-9-6-10-23-19(26)27-20(2,3)4/h8,12,15H,6-7,9-11,13-14H2,1-5H3,(H,23,26)(H2,21,22,24). The second kappa shape index (κ2) is 10.7. The van der Waals surface area contributed by atoms with Crippen LogP contribution in [0.15, 0.2) is 16.4 Å². The normalized spacial score (nSPS) is 16.2. The monoisotopic (exact) mass is 409 g/mol. The van der Waals surface area contributed by atoms with E-state index in [0.29, 0.717) is 12.6 Å². The van der Waals surface area contributed by atoms with Gasteiger partial charge in [-0.2, -0.15) is 0 Å². The van der Waals surface area contributed by atoms with E-state index >= 15 is 0 Å². The van der Waals surface area contributed by atoms with Crippen molar-refractivity contribution >= 4 is 23.4 Å². The fourth-order valence-corrected chi connectivity index (χ4v) is 3.93. The molecule has 2 heterocycles. The van der Waals surface area contributed by atoms with Crippen molar-refractivity contribution in [1.29, 1.82) is 0 Å². The highest BCUT2D eigenvalue weighted by atomic mass is 32.1. The predicted octanol–water partition coefficient (Wildman–Crippen LogP) is 2.57. The van der Waals surface area contributed by atoms with E-state index in [9.17, 15) is 4.79 Å². The van der Waals surface area contributed by atoms with E-state index in [2.05, 4.69) is 44.2 Å². The summed E-state index contributed by atoms with van der Waals surface area (Å²) in [5.41, 5.74) is 1.01. The van der Waals surface area contributed by atoms with Crippen molar-refractivity contribution in [3.05, 3.63) is 21.9 Å². The Labute approximate surface area is 172 Å².